The fraction of sp³-hybridized carbons (Fsp3) is 0.800. The second-order valence-electron chi connectivity index (χ2n) is 4.13. The van der Waals surface area contributed by atoms with E-state index in [0.29, 0.717) is 12.3 Å². The van der Waals surface area contributed by atoms with E-state index in [0.717, 1.165) is 32.5 Å². The first-order valence-electron chi connectivity index (χ1n) is 5.17. The van der Waals surface area contributed by atoms with Crippen LogP contribution in [0, 0.1) is 11.8 Å². The number of hydrogen-bond acceptors (Lipinski definition) is 3. The van der Waals surface area contributed by atoms with Crippen molar-refractivity contribution in [2.45, 2.75) is 25.7 Å². The highest BCUT2D eigenvalue weighted by Crippen LogP contribution is 2.25. The largest absolute Gasteiger partial charge is 0.381 e. The maximum Gasteiger partial charge on any atom is 0.230 e. The van der Waals surface area contributed by atoms with E-state index < -0.39 is 0 Å². The van der Waals surface area contributed by atoms with Crippen LogP contribution in [0.5, 0.6) is 0 Å². The third-order valence-electron chi connectivity index (χ3n) is 2.94. The fourth-order valence-corrected chi connectivity index (χ4v) is 2.19. The maximum absolute atomic E-state index is 11.3. The summed E-state index contributed by atoms with van der Waals surface area (Å²) in [4.78, 5) is 22.2. The summed E-state index contributed by atoms with van der Waals surface area (Å²) in [6.07, 6.45) is 3.37. The lowest BCUT2D eigenvalue weighted by Crippen LogP contribution is -2.25. The van der Waals surface area contributed by atoms with Crippen LogP contribution in [0.1, 0.15) is 25.7 Å². The molecule has 2 amide bonds. The van der Waals surface area contributed by atoms with Crippen LogP contribution >= 0.6 is 0 Å². The Morgan fingerprint density at radius 2 is 2.29 bits per heavy atom. The van der Waals surface area contributed by atoms with Gasteiger partial charge in [0.25, 0.3) is 0 Å². The summed E-state index contributed by atoms with van der Waals surface area (Å²) >= 11 is 0. The van der Waals surface area contributed by atoms with Gasteiger partial charge in [0.15, 0.2) is 0 Å². The Hall–Kier alpha value is -0.900. The van der Waals surface area contributed by atoms with Crippen LogP contribution in [-0.2, 0) is 14.3 Å². The van der Waals surface area contributed by atoms with Gasteiger partial charge in [-0.05, 0) is 25.2 Å². The van der Waals surface area contributed by atoms with Crippen molar-refractivity contribution in [3.63, 3.8) is 0 Å². The minimum atomic E-state index is -0.128. The zero-order valence-corrected chi connectivity index (χ0v) is 8.12. The number of ether oxygens (including phenoxy) is 1. The SMILES string of the molecule is O=C1CC(CC2CCCOC2)C(=O)N1. The van der Waals surface area contributed by atoms with E-state index in [4.69, 9.17) is 4.74 Å². The van der Waals surface area contributed by atoms with E-state index in [-0.39, 0.29) is 17.7 Å². The molecule has 0 spiro atoms. The molecule has 1 N–H and O–H groups in total. The molecule has 2 heterocycles. The number of imide groups is 1. The quantitative estimate of drug-likeness (QED) is 0.654. The van der Waals surface area contributed by atoms with Crippen LogP contribution in [0.25, 0.3) is 0 Å². The summed E-state index contributed by atoms with van der Waals surface area (Å²) in [6.45, 7) is 1.59. The van der Waals surface area contributed by atoms with Crippen LogP contribution in [0.2, 0.25) is 0 Å². The average Bonchev–Trinajstić information content (AvgIpc) is 2.47. The van der Waals surface area contributed by atoms with Crippen molar-refractivity contribution < 1.29 is 14.3 Å². The Morgan fingerprint density at radius 3 is 2.86 bits per heavy atom. The Morgan fingerprint density at radius 1 is 1.43 bits per heavy atom. The Labute approximate surface area is 83.0 Å². The van der Waals surface area contributed by atoms with E-state index in [1.165, 1.54) is 0 Å². The highest BCUT2D eigenvalue weighted by Gasteiger charge is 2.32. The van der Waals surface area contributed by atoms with Crippen molar-refractivity contribution in [3.8, 4) is 0 Å². The summed E-state index contributed by atoms with van der Waals surface area (Å²) in [7, 11) is 0. The molecule has 0 aromatic heterocycles. The summed E-state index contributed by atoms with van der Waals surface area (Å²) in [6, 6.07) is 0. The molecule has 0 aliphatic carbocycles. The highest BCUT2D eigenvalue weighted by atomic mass is 16.5. The third kappa shape index (κ3) is 2.12. The van der Waals surface area contributed by atoms with Crippen molar-refractivity contribution in [2.75, 3.05) is 13.2 Å². The topological polar surface area (TPSA) is 55.4 Å². The molecule has 0 aromatic rings. The van der Waals surface area contributed by atoms with Crippen LogP contribution in [0.3, 0.4) is 0 Å². The normalized spacial score (nSPS) is 33.1. The van der Waals surface area contributed by atoms with Gasteiger partial charge in [-0.15, -0.1) is 0 Å². The van der Waals surface area contributed by atoms with Gasteiger partial charge in [0.05, 0.1) is 0 Å². The molecule has 2 aliphatic rings. The lowest BCUT2D eigenvalue weighted by molar-refractivity contribution is -0.126. The smallest absolute Gasteiger partial charge is 0.230 e. The molecular formula is C10H15NO3. The third-order valence-corrected chi connectivity index (χ3v) is 2.94. The Kier molecular flexibility index (Phi) is 2.82. The lowest BCUT2D eigenvalue weighted by atomic mass is 9.89. The predicted molar refractivity (Wildman–Crippen MR) is 49.4 cm³/mol. The Bertz CT molecular complexity index is 246. The van der Waals surface area contributed by atoms with Gasteiger partial charge in [0.2, 0.25) is 11.8 Å². The summed E-state index contributed by atoms with van der Waals surface area (Å²) in [5.74, 6) is 0.136. The van der Waals surface area contributed by atoms with E-state index in [1.54, 1.807) is 0 Å². The minimum absolute atomic E-state index is 0.0967. The minimum Gasteiger partial charge on any atom is -0.381 e. The highest BCUT2D eigenvalue weighted by molar-refractivity contribution is 6.03. The molecule has 4 heteroatoms. The van der Waals surface area contributed by atoms with E-state index in [9.17, 15) is 9.59 Å². The first-order valence-corrected chi connectivity index (χ1v) is 5.17. The molecule has 0 saturated carbocycles. The first-order chi connectivity index (χ1) is 6.75. The second-order valence-corrected chi connectivity index (χ2v) is 4.13. The molecular weight excluding hydrogens is 182 g/mol. The Balaban J connectivity index is 1.84. The van der Waals surface area contributed by atoms with Gasteiger partial charge in [-0.2, -0.15) is 0 Å². The zero-order valence-electron chi connectivity index (χ0n) is 8.12. The van der Waals surface area contributed by atoms with Gasteiger partial charge < -0.3 is 4.74 Å². The maximum atomic E-state index is 11.3. The van der Waals surface area contributed by atoms with E-state index >= 15 is 0 Å². The molecule has 4 nitrogen and oxygen atoms in total. The molecule has 0 aromatic carbocycles. The molecule has 0 bridgehead atoms. The van der Waals surface area contributed by atoms with Gasteiger partial charge in [-0.1, -0.05) is 0 Å². The molecule has 78 valence electrons. The first kappa shape index (κ1) is 9.65. The van der Waals surface area contributed by atoms with E-state index in [1.807, 2.05) is 0 Å². The summed E-state index contributed by atoms with van der Waals surface area (Å²) < 4.78 is 5.34. The number of hydrogen-bond donors (Lipinski definition) is 1. The lowest BCUT2D eigenvalue weighted by Gasteiger charge is -2.23. The zero-order chi connectivity index (χ0) is 9.97. The van der Waals surface area contributed by atoms with Crippen LogP contribution in [0.4, 0.5) is 0 Å². The van der Waals surface area contributed by atoms with Crippen LogP contribution in [0.15, 0.2) is 0 Å². The van der Waals surface area contributed by atoms with Crippen molar-refractivity contribution >= 4 is 11.8 Å². The molecule has 2 aliphatic heterocycles. The standard InChI is InChI=1S/C10H15NO3/c12-9-5-8(10(13)11-9)4-7-2-1-3-14-6-7/h7-8H,1-6H2,(H,11,12,13). The van der Waals surface area contributed by atoms with Gasteiger partial charge in [-0.3, -0.25) is 14.9 Å². The van der Waals surface area contributed by atoms with Crippen molar-refractivity contribution in [1.29, 1.82) is 0 Å². The predicted octanol–water partition coefficient (Wildman–Crippen LogP) is 0.466. The van der Waals surface area contributed by atoms with Crippen molar-refractivity contribution in [1.82, 2.24) is 5.32 Å². The number of carbonyl (C=O) groups is 2. The molecule has 14 heavy (non-hydrogen) atoms. The molecule has 2 unspecified atom stereocenters. The van der Waals surface area contributed by atoms with Gasteiger partial charge in [0, 0.05) is 25.6 Å². The summed E-state index contributed by atoms with van der Waals surface area (Å²) in [5.41, 5.74) is 0. The number of nitrogens with one attached hydrogen (secondary N) is 1. The van der Waals surface area contributed by atoms with Gasteiger partial charge >= 0.3 is 0 Å². The second kappa shape index (κ2) is 4.09. The molecule has 2 rings (SSSR count). The summed E-state index contributed by atoms with van der Waals surface area (Å²) in [5, 5.41) is 2.34. The van der Waals surface area contributed by atoms with Gasteiger partial charge in [0.1, 0.15) is 0 Å². The number of carbonyl (C=O) groups excluding carboxylic acids is 2. The average molecular weight is 197 g/mol. The molecule has 2 atom stereocenters. The molecule has 2 saturated heterocycles. The number of amides is 2. The number of rotatable bonds is 2. The van der Waals surface area contributed by atoms with Gasteiger partial charge in [-0.25, -0.2) is 0 Å². The van der Waals surface area contributed by atoms with Crippen molar-refractivity contribution in [3.05, 3.63) is 0 Å². The fourth-order valence-electron chi connectivity index (χ4n) is 2.19. The van der Waals surface area contributed by atoms with E-state index in [2.05, 4.69) is 5.32 Å². The molecule has 2 fully saturated rings. The van der Waals surface area contributed by atoms with Crippen LogP contribution < -0.4 is 5.32 Å². The monoisotopic (exact) mass is 197 g/mol. The van der Waals surface area contributed by atoms with Crippen LogP contribution in [-0.4, -0.2) is 25.0 Å². The molecule has 0 radical (unpaired) electrons. The van der Waals surface area contributed by atoms with Crippen molar-refractivity contribution in [2.24, 2.45) is 11.8 Å².